The smallest absolute Gasteiger partial charge is 0.261 e. The Balaban J connectivity index is 1.79. The van der Waals surface area contributed by atoms with Crippen molar-refractivity contribution in [3.05, 3.63) is 48.5 Å². The maximum atomic E-state index is 12.6. The van der Waals surface area contributed by atoms with Gasteiger partial charge >= 0.3 is 0 Å². The van der Waals surface area contributed by atoms with E-state index in [0.29, 0.717) is 22.9 Å². The molecule has 1 atom stereocenters. The van der Waals surface area contributed by atoms with Crippen LogP contribution >= 0.6 is 11.8 Å². The molecule has 0 spiro atoms. The Bertz CT molecular complexity index is 879. The van der Waals surface area contributed by atoms with Crippen molar-refractivity contribution < 1.29 is 17.9 Å². The fraction of sp³-hybridized carbons (Fsp3) is 0.235. The molecule has 0 bridgehead atoms. The van der Waals surface area contributed by atoms with Crippen molar-refractivity contribution in [1.29, 1.82) is 0 Å². The standard InChI is InChI=1S/C17H19N3O4S2/c1-24-12-6-8-13(9-7-12)26(22,23)20-15-5-3-2-4-14(15)19-17(21)16-10-25-11-18-16/h2-9,16,18,20H,10-11H2,1H3,(H,19,21). The Kier molecular flexibility index (Phi) is 5.70. The summed E-state index contributed by atoms with van der Waals surface area (Å²) in [6, 6.07) is 12.5. The number of benzene rings is 2. The highest BCUT2D eigenvalue weighted by atomic mass is 32.2. The summed E-state index contributed by atoms with van der Waals surface area (Å²) < 4.78 is 32.8. The molecule has 3 N–H and O–H groups in total. The van der Waals surface area contributed by atoms with E-state index in [1.165, 1.54) is 19.2 Å². The number of ether oxygens (including phenoxy) is 1. The summed E-state index contributed by atoms with van der Waals surface area (Å²) in [7, 11) is -2.28. The first kappa shape index (κ1) is 18.6. The van der Waals surface area contributed by atoms with Gasteiger partial charge in [0.25, 0.3) is 10.0 Å². The molecule has 1 amide bonds. The van der Waals surface area contributed by atoms with Gasteiger partial charge in [-0.25, -0.2) is 8.42 Å². The third kappa shape index (κ3) is 4.29. The maximum absolute atomic E-state index is 12.6. The van der Waals surface area contributed by atoms with E-state index < -0.39 is 10.0 Å². The van der Waals surface area contributed by atoms with E-state index in [1.807, 2.05) is 0 Å². The van der Waals surface area contributed by atoms with Crippen molar-refractivity contribution in [3.63, 3.8) is 0 Å². The van der Waals surface area contributed by atoms with Crippen molar-refractivity contribution in [1.82, 2.24) is 5.32 Å². The Labute approximate surface area is 156 Å². The zero-order valence-corrected chi connectivity index (χ0v) is 15.7. The largest absolute Gasteiger partial charge is 0.497 e. The predicted octanol–water partition coefficient (Wildman–Crippen LogP) is 2.10. The van der Waals surface area contributed by atoms with Crippen LogP contribution in [0.15, 0.2) is 53.4 Å². The topological polar surface area (TPSA) is 96.5 Å². The van der Waals surface area contributed by atoms with Crippen LogP contribution in [0.2, 0.25) is 0 Å². The summed E-state index contributed by atoms with van der Waals surface area (Å²) in [6.45, 7) is 0. The lowest BCUT2D eigenvalue weighted by Crippen LogP contribution is -2.37. The lowest BCUT2D eigenvalue weighted by Gasteiger charge is -2.15. The third-order valence-corrected chi connectivity index (χ3v) is 6.15. The van der Waals surface area contributed by atoms with Gasteiger partial charge in [-0.05, 0) is 36.4 Å². The summed E-state index contributed by atoms with van der Waals surface area (Å²) >= 11 is 1.64. The molecule has 1 aliphatic heterocycles. The van der Waals surface area contributed by atoms with Gasteiger partial charge in [0.1, 0.15) is 5.75 Å². The van der Waals surface area contributed by atoms with E-state index in [1.54, 1.807) is 48.2 Å². The molecule has 0 saturated carbocycles. The lowest BCUT2D eigenvalue weighted by atomic mass is 10.2. The van der Waals surface area contributed by atoms with Crippen molar-refractivity contribution in [2.75, 3.05) is 28.8 Å². The van der Waals surface area contributed by atoms with Gasteiger partial charge in [0.2, 0.25) is 5.91 Å². The van der Waals surface area contributed by atoms with E-state index in [4.69, 9.17) is 4.74 Å². The summed E-state index contributed by atoms with van der Waals surface area (Å²) in [5.74, 6) is 1.79. The van der Waals surface area contributed by atoms with E-state index in [-0.39, 0.29) is 16.8 Å². The van der Waals surface area contributed by atoms with Crippen LogP contribution in [0.3, 0.4) is 0 Å². The van der Waals surface area contributed by atoms with Gasteiger partial charge < -0.3 is 10.1 Å². The molecule has 0 radical (unpaired) electrons. The number of para-hydroxylation sites is 2. The number of thioether (sulfide) groups is 1. The van der Waals surface area contributed by atoms with Crippen LogP contribution < -0.4 is 20.1 Å². The second-order valence-corrected chi connectivity index (χ2v) is 8.30. The molecule has 2 aromatic rings. The van der Waals surface area contributed by atoms with Gasteiger partial charge in [-0.2, -0.15) is 0 Å². The van der Waals surface area contributed by atoms with Crippen molar-refractivity contribution in [2.24, 2.45) is 0 Å². The minimum Gasteiger partial charge on any atom is -0.497 e. The Morgan fingerprint density at radius 3 is 2.46 bits per heavy atom. The number of rotatable bonds is 6. The average molecular weight is 393 g/mol. The van der Waals surface area contributed by atoms with Crippen LogP contribution in [0.5, 0.6) is 5.75 Å². The van der Waals surface area contributed by atoms with Gasteiger partial charge in [0.15, 0.2) is 0 Å². The van der Waals surface area contributed by atoms with Gasteiger partial charge in [-0.15, -0.1) is 11.8 Å². The molecule has 9 heteroatoms. The SMILES string of the molecule is COc1ccc(S(=O)(=O)Nc2ccccc2NC(=O)C2CSCN2)cc1. The van der Waals surface area contributed by atoms with Crippen molar-refractivity contribution in [2.45, 2.75) is 10.9 Å². The molecule has 0 aliphatic carbocycles. The molecule has 1 unspecified atom stereocenters. The maximum Gasteiger partial charge on any atom is 0.261 e. The molecule has 1 aliphatic rings. The molecular formula is C17H19N3O4S2. The summed E-state index contributed by atoms with van der Waals surface area (Å²) in [5.41, 5.74) is 0.718. The molecule has 3 rings (SSSR count). The Morgan fingerprint density at radius 2 is 1.85 bits per heavy atom. The molecular weight excluding hydrogens is 374 g/mol. The van der Waals surface area contributed by atoms with Gasteiger partial charge in [0.05, 0.1) is 29.4 Å². The van der Waals surface area contributed by atoms with Crippen LogP contribution in [-0.2, 0) is 14.8 Å². The van der Waals surface area contributed by atoms with Crippen LogP contribution in [-0.4, -0.2) is 39.1 Å². The Hall–Kier alpha value is -2.23. The monoisotopic (exact) mass is 393 g/mol. The first-order chi connectivity index (χ1) is 12.5. The quantitative estimate of drug-likeness (QED) is 0.696. The number of hydrogen-bond acceptors (Lipinski definition) is 6. The van der Waals surface area contributed by atoms with Crippen molar-refractivity contribution in [3.8, 4) is 5.75 Å². The second kappa shape index (κ2) is 7.98. The number of anilines is 2. The minimum atomic E-state index is -3.79. The van der Waals surface area contributed by atoms with Crippen LogP contribution in [0, 0.1) is 0 Å². The van der Waals surface area contributed by atoms with Crippen LogP contribution in [0.4, 0.5) is 11.4 Å². The Morgan fingerprint density at radius 1 is 1.15 bits per heavy atom. The van der Waals surface area contributed by atoms with Crippen LogP contribution in [0.1, 0.15) is 0 Å². The van der Waals surface area contributed by atoms with E-state index in [9.17, 15) is 13.2 Å². The van der Waals surface area contributed by atoms with Crippen molar-refractivity contribution >= 4 is 39.1 Å². The van der Waals surface area contributed by atoms with E-state index >= 15 is 0 Å². The van der Waals surface area contributed by atoms with Gasteiger partial charge in [0, 0.05) is 11.6 Å². The molecule has 1 saturated heterocycles. The van der Waals surface area contributed by atoms with Crippen LogP contribution in [0.25, 0.3) is 0 Å². The first-order valence-corrected chi connectivity index (χ1v) is 10.5. The zero-order valence-electron chi connectivity index (χ0n) is 14.1. The highest BCUT2D eigenvalue weighted by Crippen LogP contribution is 2.26. The number of carbonyl (C=O) groups excluding carboxylic acids is 1. The molecule has 0 aromatic heterocycles. The predicted molar refractivity (Wildman–Crippen MR) is 103 cm³/mol. The van der Waals surface area contributed by atoms with E-state index in [0.717, 1.165) is 5.88 Å². The molecule has 138 valence electrons. The molecule has 2 aromatic carbocycles. The third-order valence-electron chi connectivity index (χ3n) is 3.83. The highest BCUT2D eigenvalue weighted by molar-refractivity contribution is 7.99. The first-order valence-electron chi connectivity index (χ1n) is 7.87. The number of nitrogens with one attached hydrogen (secondary N) is 3. The molecule has 1 fully saturated rings. The number of sulfonamides is 1. The lowest BCUT2D eigenvalue weighted by molar-refractivity contribution is -0.117. The number of hydrogen-bond donors (Lipinski definition) is 3. The number of carbonyl (C=O) groups is 1. The molecule has 26 heavy (non-hydrogen) atoms. The fourth-order valence-corrected chi connectivity index (χ4v) is 4.44. The number of amides is 1. The number of methoxy groups -OCH3 is 1. The summed E-state index contributed by atoms with van der Waals surface area (Å²) in [5, 5.41) is 5.86. The van der Waals surface area contributed by atoms with Gasteiger partial charge in [-0.3, -0.25) is 14.8 Å². The molecule has 7 nitrogen and oxygen atoms in total. The van der Waals surface area contributed by atoms with Gasteiger partial charge in [-0.1, -0.05) is 12.1 Å². The summed E-state index contributed by atoms with van der Waals surface area (Å²) in [4.78, 5) is 12.4. The highest BCUT2D eigenvalue weighted by Gasteiger charge is 2.24. The van der Waals surface area contributed by atoms with E-state index in [2.05, 4.69) is 15.4 Å². The average Bonchev–Trinajstić information content (AvgIpc) is 3.18. The second-order valence-electron chi connectivity index (χ2n) is 5.59. The minimum absolute atomic E-state index is 0.105. The zero-order chi connectivity index (χ0) is 18.6. The summed E-state index contributed by atoms with van der Waals surface area (Å²) in [6.07, 6.45) is 0. The normalized spacial score (nSPS) is 16.9. The fourth-order valence-electron chi connectivity index (χ4n) is 2.42. The molecule has 1 heterocycles.